The number of anilines is 1. The minimum Gasteiger partial charge on any atom is -0.481 e. The third-order valence-corrected chi connectivity index (χ3v) is 6.10. The summed E-state index contributed by atoms with van der Waals surface area (Å²) >= 11 is 1.53. The molecule has 0 aliphatic carbocycles. The summed E-state index contributed by atoms with van der Waals surface area (Å²) in [6, 6.07) is 11.8. The molecular weight excluding hydrogens is 412 g/mol. The Morgan fingerprint density at radius 2 is 1.84 bits per heavy atom. The molecule has 0 saturated carbocycles. The van der Waals surface area contributed by atoms with Crippen molar-refractivity contribution in [2.75, 3.05) is 20.0 Å². The molecule has 0 radical (unpaired) electrons. The molecule has 4 heterocycles. The lowest BCUT2D eigenvalue weighted by Gasteiger charge is -2.08. The van der Waals surface area contributed by atoms with Gasteiger partial charge in [0.2, 0.25) is 11.8 Å². The second-order valence-electron chi connectivity index (χ2n) is 6.96. The van der Waals surface area contributed by atoms with Crippen molar-refractivity contribution in [2.45, 2.75) is 12.8 Å². The SMILES string of the molecule is COc1ccc(-c2nc(N)c3nc(CCc4c[nH]c5ccccc45)sc3n2)c(OC)n1. The van der Waals surface area contributed by atoms with Crippen molar-refractivity contribution in [1.82, 2.24) is 24.9 Å². The number of rotatable bonds is 6. The molecule has 0 saturated heterocycles. The van der Waals surface area contributed by atoms with E-state index in [0.717, 1.165) is 28.2 Å². The Bertz CT molecular complexity index is 1390. The zero-order chi connectivity index (χ0) is 21.4. The number of para-hydroxylation sites is 1. The van der Waals surface area contributed by atoms with Crippen LogP contribution >= 0.6 is 11.3 Å². The van der Waals surface area contributed by atoms with Gasteiger partial charge in [0.05, 0.1) is 24.8 Å². The fourth-order valence-corrected chi connectivity index (χ4v) is 4.50. The van der Waals surface area contributed by atoms with Crippen LogP contribution in [0.4, 0.5) is 5.82 Å². The number of benzene rings is 1. The molecule has 4 aromatic heterocycles. The molecule has 31 heavy (non-hydrogen) atoms. The largest absolute Gasteiger partial charge is 0.481 e. The first kappa shape index (κ1) is 19.3. The molecule has 5 aromatic rings. The number of nitrogen functional groups attached to an aromatic ring is 1. The number of thiazole rings is 1. The van der Waals surface area contributed by atoms with E-state index in [4.69, 9.17) is 15.2 Å². The molecule has 0 fully saturated rings. The van der Waals surface area contributed by atoms with E-state index in [1.165, 1.54) is 22.3 Å². The van der Waals surface area contributed by atoms with Crippen LogP contribution in [0.3, 0.4) is 0 Å². The Hall–Kier alpha value is -3.72. The molecule has 0 spiro atoms. The highest BCUT2D eigenvalue weighted by molar-refractivity contribution is 7.18. The van der Waals surface area contributed by atoms with E-state index in [1.54, 1.807) is 20.3 Å². The van der Waals surface area contributed by atoms with E-state index < -0.39 is 0 Å². The van der Waals surface area contributed by atoms with Crippen molar-refractivity contribution >= 4 is 38.4 Å². The number of nitrogens with zero attached hydrogens (tertiary/aromatic N) is 4. The van der Waals surface area contributed by atoms with Crippen molar-refractivity contribution in [1.29, 1.82) is 0 Å². The molecule has 156 valence electrons. The van der Waals surface area contributed by atoms with E-state index in [-0.39, 0.29) is 0 Å². The maximum atomic E-state index is 6.22. The van der Waals surface area contributed by atoms with Crippen molar-refractivity contribution in [3.63, 3.8) is 0 Å². The Labute approximate surface area is 182 Å². The quantitative estimate of drug-likeness (QED) is 0.417. The molecule has 0 bridgehead atoms. The number of nitrogens with one attached hydrogen (secondary N) is 1. The first-order chi connectivity index (χ1) is 15.2. The molecule has 0 aliphatic rings. The Morgan fingerprint density at radius 3 is 2.68 bits per heavy atom. The molecule has 0 unspecified atom stereocenters. The maximum absolute atomic E-state index is 6.22. The smallest absolute Gasteiger partial charge is 0.227 e. The predicted octanol–water partition coefficient (Wildman–Crippen LogP) is 4.01. The monoisotopic (exact) mass is 432 g/mol. The average Bonchev–Trinajstić information content (AvgIpc) is 3.41. The van der Waals surface area contributed by atoms with Gasteiger partial charge in [0.15, 0.2) is 11.6 Å². The van der Waals surface area contributed by atoms with Crippen LogP contribution in [0.25, 0.3) is 32.6 Å². The standard InChI is InChI=1S/C22H20N6O2S/c1-29-16-9-8-14(21(25-16)30-2)20-27-19(23)18-22(28-20)31-17(26-18)10-7-12-11-24-15-6-4-3-5-13(12)15/h3-6,8-9,11,24H,7,10H2,1-2H3,(H2,23,27,28). The van der Waals surface area contributed by atoms with Gasteiger partial charge < -0.3 is 20.2 Å². The molecule has 3 N–H and O–H groups in total. The number of aromatic nitrogens is 5. The number of H-pyrrole nitrogens is 1. The summed E-state index contributed by atoms with van der Waals surface area (Å²) in [6.45, 7) is 0. The van der Waals surface area contributed by atoms with Crippen LogP contribution in [-0.2, 0) is 12.8 Å². The third-order valence-electron chi connectivity index (χ3n) is 5.09. The molecule has 1 aromatic carbocycles. The van der Waals surface area contributed by atoms with Gasteiger partial charge in [-0.2, -0.15) is 4.98 Å². The highest BCUT2D eigenvalue weighted by Gasteiger charge is 2.17. The number of hydrogen-bond donors (Lipinski definition) is 2. The topological polar surface area (TPSA) is 112 Å². The van der Waals surface area contributed by atoms with E-state index in [1.807, 2.05) is 12.1 Å². The van der Waals surface area contributed by atoms with Crippen LogP contribution in [0.2, 0.25) is 0 Å². The lowest BCUT2D eigenvalue weighted by Crippen LogP contribution is -2.00. The van der Waals surface area contributed by atoms with Gasteiger partial charge in [-0.25, -0.2) is 15.0 Å². The number of fused-ring (bicyclic) bond motifs is 2. The number of aryl methyl sites for hydroxylation is 2. The minimum atomic E-state index is 0.340. The van der Waals surface area contributed by atoms with Gasteiger partial charge >= 0.3 is 0 Å². The van der Waals surface area contributed by atoms with Gasteiger partial charge in [-0.15, -0.1) is 0 Å². The van der Waals surface area contributed by atoms with Crippen LogP contribution in [0, 0.1) is 0 Å². The molecule has 9 heteroatoms. The summed E-state index contributed by atoms with van der Waals surface area (Å²) in [5, 5.41) is 2.21. The fraction of sp³-hybridized carbons (Fsp3) is 0.182. The van der Waals surface area contributed by atoms with Gasteiger partial charge in [-0.05, 0) is 24.1 Å². The Morgan fingerprint density at radius 1 is 0.968 bits per heavy atom. The number of nitrogens with two attached hydrogens (primary N) is 1. The van der Waals surface area contributed by atoms with Crippen LogP contribution in [0.5, 0.6) is 11.8 Å². The van der Waals surface area contributed by atoms with Crippen LogP contribution in [0.1, 0.15) is 10.6 Å². The van der Waals surface area contributed by atoms with Gasteiger partial charge in [-0.1, -0.05) is 29.5 Å². The van der Waals surface area contributed by atoms with Gasteiger partial charge in [0.25, 0.3) is 0 Å². The lowest BCUT2D eigenvalue weighted by molar-refractivity contribution is 0.365. The highest BCUT2D eigenvalue weighted by atomic mass is 32.1. The summed E-state index contributed by atoms with van der Waals surface area (Å²) in [4.78, 5) is 22.2. The van der Waals surface area contributed by atoms with Gasteiger partial charge in [0.1, 0.15) is 10.3 Å². The number of ether oxygens (including phenoxy) is 2. The molecule has 5 rings (SSSR count). The summed E-state index contributed by atoms with van der Waals surface area (Å²) in [7, 11) is 3.10. The van der Waals surface area contributed by atoms with E-state index in [9.17, 15) is 0 Å². The normalized spacial score (nSPS) is 11.3. The van der Waals surface area contributed by atoms with Crippen LogP contribution in [0.15, 0.2) is 42.6 Å². The Kier molecular flexibility index (Phi) is 4.87. The highest BCUT2D eigenvalue weighted by Crippen LogP contribution is 2.32. The molecule has 8 nitrogen and oxygen atoms in total. The average molecular weight is 433 g/mol. The van der Waals surface area contributed by atoms with Crippen molar-refractivity contribution in [3.05, 3.63) is 53.2 Å². The van der Waals surface area contributed by atoms with E-state index >= 15 is 0 Å². The zero-order valence-electron chi connectivity index (χ0n) is 17.0. The summed E-state index contributed by atoms with van der Waals surface area (Å²) in [6.07, 6.45) is 3.73. The summed E-state index contributed by atoms with van der Waals surface area (Å²) < 4.78 is 10.5. The van der Waals surface area contributed by atoms with Crippen LogP contribution < -0.4 is 15.2 Å². The number of hydrogen-bond acceptors (Lipinski definition) is 8. The second-order valence-corrected chi connectivity index (χ2v) is 8.03. The molecule has 0 aliphatic heterocycles. The Balaban J connectivity index is 1.46. The predicted molar refractivity (Wildman–Crippen MR) is 122 cm³/mol. The van der Waals surface area contributed by atoms with Gasteiger partial charge in [-0.3, -0.25) is 0 Å². The molecule has 0 atom stereocenters. The van der Waals surface area contributed by atoms with Crippen LogP contribution in [-0.4, -0.2) is 39.1 Å². The van der Waals surface area contributed by atoms with Crippen molar-refractivity contribution in [2.24, 2.45) is 0 Å². The molecule has 0 amide bonds. The zero-order valence-corrected chi connectivity index (χ0v) is 17.9. The first-order valence-corrected chi connectivity index (χ1v) is 10.5. The van der Waals surface area contributed by atoms with Gasteiger partial charge in [0, 0.05) is 29.6 Å². The number of pyridine rings is 1. The lowest BCUT2D eigenvalue weighted by atomic mass is 10.1. The third kappa shape index (κ3) is 3.53. The fourth-order valence-electron chi connectivity index (χ4n) is 3.56. The maximum Gasteiger partial charge on any atom is 0.227 e. The summed E-state index contributed by atoms with van der Waals surface area (Å²) in [5.41, 5.74) is 9.90. The number of methoxy groups -OCH3 is 2. The van der Waals surface area contributed by atoms with E-state index in [2.05, 4.69) is 49.3 Å². The summed E-state index contributed by atoms with van der Waals surface area (Å²) in [5.74, 6) is 1.62. The van der Waals surface area contributed by atoms with Crippen molar-refractivity contribution < 1.29 is 9.47 Å². The van der Waals surface area contributed by atoms with Crippen molar-refractivity contribution in [3.8, 4) is 23.1 Å². The minimum absolute atomic E-state index is 0.340. The second kappa shape index (κ2) is 7.84. The first-order valence-electron chi connectivity index (χ1n) is 9.73. The number of aromatic amines is 1. The molecular formula is C22H20N6O2S. The van der Waals surface area contributed by atoms with E-state index in [0.29, 0.717) is 34.5 Å².